The fraction of sp³-hybridized carbons (Fsp3) is 0.250. The molecule has 1 fully saturated rings. The molecule has 4 rings (SSSR count). The predicted molar refractivity (Wildman–Crippen MR) is 102 cm³/mol. The summed E-state index contributed by atoms with van der Waals surface area (Å²) < 4.78 is 10.7. The van der Waals surface area contributed by atoms with Crippen molar-refractivity contribution in [2.45, 2.75) is 19.3 Å². The maximum absolute atomic E-state index is 12.5. The van der Waals surface area contributed by atoms with Crippen LogP contribution in [0.4, 0.5) is 5.69 Å². The van der Waals surface area contributed by atoms with Crippen molar-refractivity contribution in [2.75, 3.05) is 18.6 Å². The maximum atomic E-state index is 12.5. The van der Waals surface area contributed by atoms with E-state index in [1.807, 2.05) is 49.4 Å². The first kappa shape index (κ1) is 17.5. The number of methoxy groups -OCH3 is 1. The van der Waals surface area contributed by atoms with Crippen molar-refractivity contribution >= 4 is 23.2 Å². The SMILES string of the molecule is COc1cccc(-c2noc(C3CC(=O)N(c4ccc(C)c(Cl)c4)C3)n2)c1. The Kier molecular flexibility index (Phi) is 4.58. The topological polar surface area (TPSA) is 68.5 Å². The normalized spacial score (nSPS) is 16.8. The summed E-state index contributed by atoms with van der Waals surface area (Å²) >= 11 is 6.20. The minimum Gasteiger partial charge on any atom is -0.497 e. The number of ether oxygens (including phenoxy) is 1. The van der Waals surface area contributed by atoms with Gasteiger partial charge >= 0.3 is 0 Å². The molecule has 6 nitrogen and oxygen atoms in total. The van der Waals surface area contributed by atoms with Crippen LogP contribution in [0.2, 0.25) is 5.02 Å². The lowest BCUT2D eigenvalue weighted by atomic mass is 10.1. The van der Waals surface area contributed by atoms with Gasteiger partial charge in [-0.15, -0.1) is 0 Å². The standard InChI is InChI=1S/C20H18ClN3O3/c1-12-6-7-15(10-17(12)21)24-11-14(9-18(24)25)20-22-19(23-27-20)13-4-3-5-16(8-13)26-2/h3-8,10,14H,9,11H2,1-2H3. The minimum absolute atomic E-state index is 0.0149. The number of nitrogens with zero attached hydrogens (tertiary/aromatic N) is 3. The number of aromatic nitrogens is 2. The summed E-state index contributed by atoms with van der Waals surface area (Å²) in [6.45, 7) is 2.41. The van der Waals surface area contributed by atoms with Crippen molar-refractivity contribution < 1.29 is 14.1 Å². The van der Waals surface area contributed by atoms with Gasteiger partial charge in [-0.05, 0) is 36.8 Å². The molecule has 0 radical (unpaired) electrons. The Labute approximate surface area is 161 Å². The number of aryl methyl sites for hydroxylation is 1. The van der Waals surface area contributed by atoms with Gasteiger partial charge in [-0.3, -0.25) is 4.79 Å². The average molecular weight is 384 g/mol. The number of halogens is 1. The zero-order valence-electron chi connectivity index (χ0n) is 15.0. The van der Waals surface area contributed by atoms with Gasteiger partial charge < -0.3 is 14.2 Å². The fourth-order valence-corrected chi connectivity index (χ4v) is 3.33. The summed E-state index contributed by atoms with van der Waals surface area (Å²) in [7, 11) is 1.61. The van der Waals surface area contributed by atoms with Gasteiger partial charge in [-0.2, -0.15) is 4.98 Å². The van der Waals surface area contributed by atoms with Gasteiger partial charge in [0.1, 0.15) is 5.75 Å². The number of amides is 1. The number of carbonyl (C=O) groups is 1. The number of anilines is 1. The van der Waals surface area contributed by atoms with Crippen molar-refractivity contribution in [1.29, 1.82) is 0 Å². The second-order valence-electron chi connectivity index (χ2n) is 6.53. The Hall–Kier alpha value is -2.86. The molecule has 2 aromatic carbocycles. The van der Waals surface area contributed by atoms with Crippen LogP contribution in [-0.4, -0.2) is 29.7 Å². The molecule has 1 saturated heterocycles. The molecule has 1 unspecified atom stereocenters. The molecular weight excluding hydrogens is 366 g/mol. The molecule has 7 heteroatoms. The molecule has 1 aliphatic rings. The van der Waals surface area contributed by atoms with Crippen LogP contribution in [0.5, 0.6) is 5.75 Å². The number of rotatable bonds is 4. The number of hydrogen-bond donors (Lipinski definition) is 0. The molecule has 1 aliphatic heterocycles. The Balaban J connectivity index is 1.55. The van der Waals surface area contributed by atoms with E-state index in [1.165, 1.54) is 0 Å². The number of benzene rings is 2. The molecule has 27 heavy (non-hydrogen) atoms. The van der Waals surface area contributed by atoms with E-state index in [9.17, 15) is 4.79 Å². The van der Waals surface area contributed by atoms with E-state index in [0.717, 1.165) is 22.6 Å². The van der Waals surface area contributed by atoms with Crippen molar-refractivity contribution in [3.63, 3.8) is 0 Å². The maximum Gasteiger partial charge on any atom is 0.232 e. The van der Waals surface area contributed by atoms with Crippen molar-refractivity contribution in [1.82, 2.24) is 10.1 Å². The van der Waals surface area contributed by atoms with Gasteiger partial charge in [-0.25, -0.2) is 0 Å². The first-order chi connectivity index (χ1) is 13.0. The Morgan fingerprint density at radius 3 is 2.89 bits per heavy atom. The third-order valence-electron chi connectivity index (χ3n) is 4.71. The Morgan fingerprint density at radius 2 is 2.11 bits per heavy atom. The van der Waals surface area contributed by atoms with E-state index in [-0.39, 0.29) is 11.8 Å². The Bertz CT molecular complexity index is 1000. The van der Waals surface area contributed by atoms with Gasteiger partial charge in [0, 0.05) is 29.2 Å². The molecule has 1 aromatic heterocycles. The van der Waals surface area contributed by atoms with Crippen LogP contribution in [0.15, 0.2) is 47.0 Å². The van der Waals surface area contributed by atoms with Crippen LogP contribution in [-0.2, 0) is 4.79 Å². The lowest BCUT2D eigenvalue weighted by Gasteiger charge is -2.17. The molecule has 0 saturated carbocycles. The monoisotopic (exact) mass is 383 g/mol. The second-order valence-corrected chi connectivity index (χ2v) is 6.93. The highest BCUT2D eigenvalue weighted by Crippen LogP contribution is 2.33. The van der Waals surface area contributed by atoms with Crippen LogP contribution < -0.4 is 9.64 Å². The number of carbonyl (C=O) groups excluding carboxylic acids is 1. The van der Waals surface area contributed by atoms with Crippen molar-refractivity contribution in [3.8, 4) is 17.1 Å². The quantitative estimate of drug-likeness (QED) is 0.674. The molecule has 0 aliphatic carbocycles. The largest absolute Gasteiger partial charge is 0.497 e. The van der Waals surface area contributed by atoms with Crippen molar-refractivity contribution in [3.05, 3.63) is 58.9 Å². The highest BCUT2D eigenvalue weighted by atomic mass is 35.5. The van der Waals surface area contributed by atoms with Crippen molar-refractivity contribution in [2.24, 2.45) is 0 Å². The van der Waals surface area contributed by atoms with Gasteiger partial charge in [-0.1, -0.05) is 35.0 Å². The molecular formula is C20H18ClN3O3. The van der Waals surface area contributed by atoms with Crippen LogP contribution in [0, 0.1) is 6.92 Å². The van der Waals surface area contributed by atoms with Crippen LogP contribution in [0.25, 0.3) is 11.4 Å². The molecule has 138 valence electrons. The lowest BCUT2D eigenvalue weighted by molar-refractivity contribution is -0.117. The Morgan fingerprint density at radius 1 is 1.26 bits per heavy atom. The van der Waals surface area contributed by atoms with Gasteiger partial charge in [0.05, 0.1) is 13.0 Å². The summed E-state index contributed by atoms with van der Waals surface area (Å²) in [5, 5.41) is 4.70. The summed E-state index contributed by atoms with van der Waals surface area (Å²) in [4.78, 5) is 18.7. The summed E-state index contributed by atoms with van der Waals surface area (Å²) in [6.07, 6.45) is 0.325. The zero-order chi connectivity index (χ0) is 19.0. The van der Waals surface area contributed by atoms with E-state index in [0.29, 0.717) is 29.7 Å². The van der Waals surface area contributed by atoms with E-state index in [1.54, 1.807) is 12.0 Å². The first-order valence-electron chi connectivity index (χ1n) is 8.59. The van der Waals surface area contributed by atoms with E-state index < -0.39 is 0 Å². The van der Waals surface area contributed by atoms with Gasteiger partial charge in [0.25, 0.3) is 0 Å². The fourth-order valence-electron chi connectivity index (χ4n) is 3.15. The summed E-state index contributed by atoms with van der Waals surface area (Å²) in [5.41, 5.74) is 2.56. The molecule has 1 amide bonds. The third-order valence-corrected chi connectivity index (χ3v) is 5.12. The highest BCUT2D eigenvalue weighted by molar-refractivity contribution is 6.31. The lowest BCUT2D eigenvalue weighted by Crippen LogP contribution is -2.24. The second kappa shape index (κ2) is 7.04. The van der Waals surface area contributed by atoms with Crippen LogP contribution >= 0.6 is 11.6 Å². The molecule has 0 N–H and O–H groups in total. The summed E-state index contributed by atoms with van der Waals surface area (Å²) in [5.74, 6) is 1.53. The molecule has 1 atom stereocenters. The smallest absolute Gasteiger partial charge is 0.232 e. The molecule has 3 aromatic rings. The zero-order valence-corrected chi connectivity index (χ0v) is 15.7. The number of hydrogen-bond acceptors (Lipinski definition) is 5. The highest BCUT2D eigenvalue weighted by Gasteiger charge is 2.35. The van der Waals surface area contributed by atoms with Gasteiger partial charge in [0.15, 0.2) is 0 Å². The van der Waals surface area contributed by atoms with Crippen LogP contribution in [0.1, 0.15) is 23.8 Å². The molecule has 2 heterocycles. The average Bonchev–Trinajstić information content (AvgIpc) is 3.31. The van der Waals surface area contributed by atoms with Crippen LogP contribution in [0.3, 0.4) is 0 Å². The first-order valence-corrected chi connectivity index (χ1v) is 8.97. The third kappa shape index (κ3) is 3.40. The van der Waals surface area contributed by atoms with E-state index in [2.05, 4.69) is 10.1 Å². The van der Waals surface area contributed by atoms with Gasteiger partial charge in [0.2, 0.25) is 17.6 Å². The van der Waals surface area contributed by atoms with E-state index in [4.69, 9.17) is 20.9 Å². The molecule has 0 spiro atoms. The minimum atomic E-state index is -0.149. The van der Waals surface area contributed by atoms with E-state index >= 15 is 0 Å². The summed E-state index contributed by atoms with van der Waals surface area (Å²) in [6, 6.07) is 13.1. The molecule has 0 bridgehead atoms. The predicted octanol–water partition coefficient (Wildman–Crippen LogP) is 4.23.